The number of anilines is 1. The molecule has 0 aliphatic carbocycles. The summed E-state index contributed by atoms with van der Waals surface area (Å²) in [5.74, 6) is -1.22. The number of hydrogen-bond donors (Lipinski definition) is 2. The van der Waals surface area contributed by atoms with E-state index in [0.29, 0.717) is 11.4 Å². The number of carbonyl (C=O) groups excluding carboxylic acids is 2. The normalized spacial score (nSPS) is 10.4. The Balaban J connectivity index is 2.27. The number of hydrogen-bond acceptors (Lipinski definition) is 5. The number of pyridine rings is 1. The zero-order valence-electron chi connectivity index (χ0n) is 14.3. The number of rotatable bonds is 6. The summed E-state index contributed by atoms with van der Waals surface area (Å²) in [4.78, 5) is 39.2. The molecule has 2 N–H and O–H groups in total. The summed E-state index contributed by atoms with van der Waals surface area (Å²) in [5.41, 5.74) is 1.19. The molecule has 0 radical (unpaired) electrons. The van der Waals surface area contributed by atoms with E-state index < -0.39 is 17.4 Å². The summed E-state index contributed by atoms with van der Waals surface area (Å²) in [5, 5.41) is 2.67. The Hall–Kier alpha value is -2.93. The number of benzene rings is 1. The lowest BCUT2D eigenvalue weighted by molar-refractivity contribution is 0.0386. The summed E-state index contributed by atoms with van der Waals surface area (Å²) in [7, 11) is 1.49. The number of para-hydroxylation sites is 1. The molecular weight excluding hydrogens is 324 g/mol. The fourth-order valence-corrected chi connectivity index (χ4v) is 2.20. The second kappa shape index (κ2) is 8.25. The number of aromatic nitrogens is 1. The number of H-pyrrole nitrogens is 1. The molecule has 2 aromatic rings. The van der Waals surface area contributed by atoms with Gasteiger partial charge in [-0.15, -0.1) is 0 Å². The monoisotopic (exact) mass is 344 g/mol. The second-order valence-corrected chi connectivity index (χ2v) is 5.45. The Labute approximate surface area is 145 Å². The van der Waals surface area contributed by atoms with Gasteiger partial charge in [0.05, 0.1) is 12.2 Å². The van der Waals surface area contributed by atoms with Gasteiger partial charge in [-0.3, -0.25) is 9.59 Å². The Morgan fingerprint density at radius 1 is 1.12 bits per heavy atom. The Morgan fingerprint density at radius 2 is 1.84 bits per heavy atom. The van der Waals surface area contributed by atoms with Crippen molar-refractivity contribution in [3.8, 4) is 0 Å². The predicted octanol–water partition coefficient (Wildman–Crippen LogP) is 2.05. The van der Waals surface area contributed by atoms with Gasteiger partial charge in [-0.25, -0.2) is 4.79 Å². The van der Waals surface area contributed by atoms with Crippen LogP contribution in [0.4, 0.5) is 5.69 Å². The maximum atomic E-state index is 12.4. The van der Waals surface area contributed by atoms with Crippen LogP contribution in [-0.4, -0.2) is 37.2 Å². The minimum absolute atomic E-state index is 0.0820. The van der Waals surface area contributed by atoms with Gasteiger partial charge in [-0.1, -0.05) is 18.2 Å². The van der Waals surface area contributed by atoms with Crippen molar-refractivity contribution in [3.63, 3.8) is 0 Å². The molecule has 1 amide bonds. The van der Waals surface area contributed by atoms with Crippen molar-refractivity contribution in [2.75, 3.05) is 25.6 Å². The van der Waals surface area contributed by atoms with Crippen molar-refractivity contribution >= 4 is 17.6 Å². The first-order valence-electron chi connectivity index (χ1n) is 7.71. The lowest BCUT2D eigenvalue weighted by atomic mass is 10.1. The molecule has 0 saturated carbocycles. The lowest BCUT2D eigenvalue weighted by Crippen LogP contribution is -2.26. The quantitative estimate of drug-likeness (QED) is 0.617. The smallest absolute Gasteiger partial charge is 0.340 e. The fraction of sp³-hybridized carbons (Fsp3) is 0.278. The van der Waals surface area contributed by atoms with E-state index in [0.717, 1.165) is 5.56 Å². The third-order valence-corrected chi connectivity index (χ3v) is 3.62. The standard InChI is InChI=1S/C18H20N2O5/c1-11-6-4-5-7-15(11)20-17(22)14-10-13(12(2)19-16(14)21)18(23)25-9-8-24-3/h4-7,10H,8-9H2,1-3H3,(H,19,21)(H,20,22). The molecule has 0 atom stereocenters. The third kappa shape index (κ3) is 4.54. The number of aromatic amines is 1. The van der Waals surface area contributed by atoms with Gasteiger partial charge in [0.1, 0.15) is 12.2 Å². The highest BCUT2D eigenvalue weighted by molar-refractivity contribution is 6.05. The number of ether oxygens (including phenoxy) is 2. The molecule has 0 saturated heterocycles. The van der Waals surface area contributed by atoms with Crippen LogP contribution in [-0.2, 0) is 9.47 Å². The Kier molecular flexibility index (Phi) is 6.08. The van der Waals surface area contributed by atoms with Gasteiger partial charge < -0.3 is 19.8 Å². The summed E-state index contributed by atoms with van der Waals surface area (Å²) < 4.78 is 9.86. The highest BCUT2D eigenvalue weighted by atomic mass is 16.6. The van der Waals surface area contributed by atoms with Gasteiger partial charge in [-0.05, 0) is 31.5 Å². The van der Waals surface area contributed by atoms with Crippen LogP contribution >= 0.6 is 0 Å². The van der Waals surface area contributed by atoms with E-state index in [1.165, 1.54) is 13.2 Å². The molecule has 0 aliphatic rings. The van der Waals surface area contributed by atoms with Crippen LogP contribution in [0.2, 0.25) is 0 Å². The van der Waals surface area contributed by atoms with Crippen LogP contribution in [0.25, 0.3) is 0 Å². The van der Waals surface area contributed by atoms with Crippen LogP contribution in [0.15, 0.2) is 35.1 Å². The number of nitrogens with one attached hydrogen (secondary N) is 2. The lowest BCUT2D eigenvalue weighted by Gasteiger charge is -2.10. The summed E-state index contributed by atoms with van der Waals surface area (Å²) in [6.07, 6.45) is 0. The van der Waals surface area contributed by atoms with Gasteiger partial charge in [0.25, 0.3) is 11.5 Å². The van der Waals surface area contributed by atoms with Crippen LogP contribution in [0.1, 0.15) is 32.0 Å². The molecule has 0 aliphatic heterocycles. The van der Waals surface area contributed by atoms with Gasteiger partial charge in [-0.2, -0.15) is 0 Å². The van der Waals surface area contributed by atoms with Crippen molar-refractivity contribution in [2.45, 2.75) is 13.8 Å². The van der Waals surface area contributed by atoms with Crippen molar-refractivity contribution in [2.24, 2.45) is 0 Å². The molecule has 7 nitrogen and oxygen atoms in total. The van der Waals surface area contributed by atoms with E-state index in [1.54, 1.807) is 19.1 Å². The number of amides is 1. The summed E-state index contributed by atoms with van der Waals surface area (Å²) >= 11 is 0. The average Bonchev–Trinajstić information content (AvgIpc) is 2.57. The number of carbonyl (C=O) groups is 2. The van der Waals surface area contributed by atoms with E-state index in [4.69, 9.17) is 9.47 Å². The molecular formula is C18H20N2O5. The van der Waals surface area contributed by atoms with Crippen LogP contribution in [0, 0.1) is 13.8 Å². The van der Waals surface area contributed by atoms with E-state index in [-0.39, 0.29) is 24.3 Å². The van der Waals surface area contributed by atoms with Gasteiger partial charge >= 0.3 is 5.97 Å². The first kappa shape index (κ1) is 18.4. The largest absolute Gasteiger partial charge is 0.460 e. The number of aryl methyl sites for hydroxylation is 2. The molecule has 0 spiro atoms. The highest BCUT2D eigenvalue weighted by Gasteiger charge is 2.18. The van der Waals surface area contributed by atoms with Gasteiger partial charge in [0.15, 0.2) is 0 Å². The van der Waals surface area contributed by atoms with Gasteiger partial charge in [0.2, 0.25) is 0 Å². The topological polar surface area (TPSA) is 97.5 Å². The summed E-state index contributed by atoms with van der Waals surface area (Å²) in [6.45, 7) is 3.75. The molecule has 0 unspecified atom stereocenters. The maximum Gasteiger partial charge on any atom is 0.340 e. The minimum atomic E-state index is -0.629. The molecule has 0 bridgehead atoms. The predicted molar refractivity (Wildman–Crippen MR) is 93.1 cm³/mol. The van der Waals surface area contributed by atoms with Crippen molar-refractivity contribution in [3.05, 3.63) is 63.1 Å². The highest BCUT2D eigenvalue weighted by Crippen LogP contribution is 2.15. The average molecular weight is 344 g/mol. The van der Waals surface area contributed by atoms with Crippen LogP contribution < -0.4 is 10.9 Å². The molecule has 1 aromatic heterocycles. The van der Waals surface area contributed by atoms with E-state index in [1.807, 2.05) is 19.1 Å². The number of methoxy groups -OCH3 is 1. The zero-order chi connectivity index (χ0) is 18.4. The van der Waals surface area contributed by atoms with Crippen molar-refractivity contribution < 1.29 is 19.1 Å². The van der Waals surface area contributed by atoms with Crippen molar-refractivity contribution in [1.29, 1.82) is 0 Å². The molecule has 132 valence electrons. The van der Waals surface area contributed by atoms with E-state index in [9.17, 15) is 14.4 Å². The third-order valence-electron chi connectivity index (χ3n) is 3.62. The Bertz CT molecular complexity index is 842. The van der Waals surface area contributed by atoms with Crippen LogP contribution in [0.3, 0.4) is 0 Å². The van der Waals surface area contributed by atoms with Crippen molar-refractivity contribution in [1.82, 2.24) is 4.98 Å². The van der Waals surface area contributed by atoms with E-state index in [2.05, 4.69) is 10.3 Å². The molecule has 0 fully saturated rings. The van der Waals surface area contributed by atoms with Crippen LogP contribution in [0.5, 0.6) is 0 Å². The maximum absolute atomic E-state index is 12.4. The molecule has 2 rings (SSSR count). The minimum Gasteiger partial charge on any atom is -0.460 e. The van der Waals surface area contributed by atoms with E-state index >= 15 is 0 Å². The number of esters is 1. The van der Waals surface area contributed by atoms with Gasteiger partial charge in [0, 0.05) is 18.5 Å². The first-order chi connectivity index (χ1) is 11.9. The SMILES string of the molecule is COCCOC(=O)c1cc(C(=O)Nc2ccccc2C)c(=O)[nH]c1C. The second-order valence-electron chi connectivity index (χ2n) is 5.45. The Morgan fingerprint density at radius 3 is 2.52 bits per heavy atom. The summed E-state index contributed by atoms with van der Waals surface area (Å²) in [6, 6.07) is 8.44. The molecule has 1 heterocycles. The first-order valence-corrected chi connectivity index (χ1v) is 7.71. The molecule has 7 heteroatoms. The molecule has 1 aromatic carbocycles. The zero-order valence-corrected chi connectivity index (χ0v) is 14.3. The molecule has 25 heavy (non-hydrogen) atoms. The fourth-order valence-electron chi connectivity index (χ4n) is 2.20.